The largest absolute Gasteiger partial charge is 0.444 e. The second-order valence-corrected chi connectivity index (χ2v) is 14.0. The fourth-order valence-corrected chi connectivity index (χ4v) is 4.76. The summed E-state index contributed by atoms with van der Waals surface area (Å²) in [7, 11) is 0. The van der Waals surface area contributed by atoms with Gasteiger partial charge in [0.25, 0.3) is 11.4 Å². The van der Waals surface area contributed by atoms with Gasteiger partial charge in [-0.05, 0) is 65.8 Å². The first-order valence-electron chi connectivity index (χ1n) is 16.0. The molecule has 0 spiro atoms. The van der Waals surface area contributed by atoms with Crippen molar-refractivity contribution in [1.82, 2.24) is 15.1 Å². The van der Waals surface area contributed by atoms with Crippen LogP contribution >= 0.6 is 11.6 Å². The zero-order chi connectivity index (χ0) is 40.5. The molecule has 0 bridgehead atoms. The Morgan fingerprint density at radius 3 is 1.47 bits per heavy atom. The van der Waals surface area contributed by atoms with Gasteiger partial charge < -0.3 is 29.5 Å². The number of hydrogen-bond acceptors (Lipinski definition) is 10. The number of nitro benzene ring substituents is 2. The van der Waals surface area contributed by atoms with Crippen LogP contribution in [0.5, 0.6) is 0 Å². The van der Waals surface area contributed by atoms with Gasteiger partial charge in [-0.25, -0.2) is 9.59 Å². The summed E-state index contributed by atoms with van der Waals surface area (Å²) in [6, 6.07) is 4.41. The van der Waals surface area contributed by atoms with Gasteiger partial charge >= 0.3 is 24.5 Å². The summed E-state index contributed by atoms with van der Waals surface area (Å²) in [6.45, 7) is 15.1. The number of nitro groups is 2. The monoisotopic (exact) mass is 786 g/mol. The SMILES string of the molecule is CC(C)(C)OC(=O)N1CCN(c2ccc(C(F)(F)F)cc2[N+](=O)[O-])CC1.CC(C)(C)OC(=O)N1CCNCC1.O=[N+]([O-])c1cc(C(F)(F)F)ccc1Cl. The van der Waals surface area contributed by atoms with Crippen LogP contribution in [-0.2, 0) is 21.8 Å². The van der Waals surface area contributed by atoms with E-state index in [-0.39, 0.29) is 48.6 Å². The number of ether oxygens (including phenoxy) is 2. The molecule has 2 aromatic rings. The number of alkyl halides is 6. The standard InChI is InChI=1S/C16H20F3N3O4.C9H18N2O2.C7H3ClF3NO2/c1-15(2,3)26-14(23)21-8-6-20(7-9-21)12-5-4-11(16(17,18)19)10-13(12)22(24)25;1-9(2,3)13-8(12)11-6-4-10-5-7-11;8-5-2-1-4(7(9,10)11)3-6(5)12(13)14/h4-5,10H,6-9H2,1-3H3;10H,4-7H2,1-3H3;1-3H. The van der Waals surface area contributed by atoms with E-state index in [4.69, 9.17) is 21.1 Å². The number of amides is 2. The third kappa shape index (κ3) is 14.8. The predicted molar refractivity (Wildman–Crippen MR) is 182 cm³/mol. The number of piperazine rings is 2. The molecular weight excluding hydrogens is 746 g/mol. The molecule has 21 heteroatoms. The van der Waals surface area contributed by atoms with Crippen LogP contribution in [0.3, 0.4) is 0 Å². The number of benzene rings is 2. The lowest BCUT2D eigenvalue weighted by atomic mass is 10.1. The van der Waals surface area contributed by atoms with E-state index in [1.54, 1.807) is 30.6 Å². The van der Waals surface area contributed by atoms with Crippen molar-refractivity contribution in [2.75, 3.05) is 57.3 Å². The Morgan fingerprint density at radius 1 is 0.679 bits per heavy atom. The molecule has 14 nitrogen and oxygen atoms in total. The Morgan fingerprint density at radius 2 is 1.08 bits per heavy atom. The third-order valence-electron chi connectivity index (χ3n) is 7.01. The van der Waals surface area contributed by atoms with Crippen molar-refractivity contribution in [3.8, 4) is 0 Å². The van der Waals surface area contributed by atoms with Crippen LogP contribution in [0.2, 0.25) is 5.02 Å². The van der Waals surface area contributed by atoms with Crippen LogP contribution in [0.25, 0.3) is 0 Å². The smallest absolute Gasteiger partial charge is 0.416 e. The van der Waals surface area contributed by atoms with E-state index in [2.05, 4.69) is 5.32 Å². The van der Waals surface area contributed by atoms with E-state index in [0.717, 1.165) is 44.4 Å². The summed E-state index contributed by atoms with van der Waals surface area (Å²) in [5, 5.41) is 24.3. The van der Waals surface area contributed by atoms with E-state index in [1.807, 2.05) is 20.8 Å². The molecular formula is C32H41ClF6N6O8. The quantitative estimate of drug-likeness (QED) is 0.185. The summed E-state index contributed by atoms with van der Waals surface area (Å²) in [6.07, 6.45) is -9.94. The number of rotatable bonds is 3. The minimum atomic E-state index is -4.65. The van der Waals surface area contributed by atoms with Gasteiger partial charge in [-0.3, -0.25) is 20.2 Å². The summed E-state index contributed by atoms with van der Waals surface area (Å²) in [5.74, 6) is 0. The molecule has 2 heterocycles. The Kier molecular flexibility index (Phi) is 15.1. The van der Waals surface area contributed by atoms with Crippen LogP contribution in [-0.4, -0.2) is 95.4 Å². The lowest BCUT2D eigenvalue weighted by molar-refractivity contribution is -0.385. The van der Waals surface area contributed by atoms with Gasteiger partial charge in [0, 0.05) is 64.5 Å². The molecule has 4 rings (SSSR count). The average molecular weight is 787 g/mol. The maximum absolute atomic E-state index is 12.8. The van der Waals surface area contributed by atoms with E-state index in [9.17, 15) is 56.2 Å². The molecule has 2 aromatic carbocycles. The Labute approximate surface area is 306 Å². The number of carbonyl (C=O) groups is 2. The Hall–Kier alpha value is -4.59. The van der Waals surface area contributed by atoms with Crippen LogP contribution in [0.15, 0.2) is 36.4 Å². The average Bonchev–Trinajstić information content (AvgIpc) is 3.03. The molecule has 2 aliphatic heterocycles. The number of halogens is 7. The normalized spacial score (nSPS) is 15.3. The molecule has 0 saturated carbocycles. The molecule has 53 heavy (non-hydrogen) atoms. The topological polar surface area (TPSA) is 161 Å². The highest BCUT2D eigenvalue weighted by atomic mass is 35.5. The van der Waals surface area contributed by atoms with Crippen molar-refractivity contribution >= 4 is 40.8 Å². The molecule has 2 aliphatic rings. The van der Waals surface area contributed by atoms with Crippen LogP contribution in [0.4, 0.5) is 53.0 Å². The molecule has 0 unspecified atom stereocenters. The Balaban J connectivity index is 0.000000303. The number of hydrogen-bond donors (Lipinski definition) is 1. The van der Waals surface area contributed by atoms with Crippen LogP contribution < -0.4 is 10.2 Å². The first-order valence-corrected chi connectivity index (χ1v) is 16.4. The van der Waals surface area contributed by atoms with Gasteiger partial charge in [0.2, 0.25) is 0 Å². The van der Waals surface area contributed by atoms with Crippen molar-refractivity contribution in [2.45, 2.75) is 65.1 Å². The zero-order valence-corrected chi connectivity index (χ0v) is 30.5. The number of carbonyl (C=O) groups excluding carboxylic acids is 2. The summed E-state index contributed by atoms with van der Waals surface area (Å²) in [4.78, 5) is 48.0. The predicted octanol–water partition coefficient (Wildman–Crippen LogP) is 7.76. The van der Waals surface area contributed by atoms with E-state index in [0.29, 0.717) is 18.2 Å². The van der Waals surface area contributed by atoms with Crippen molar-refractivity contribution < 1.29 is 55.3 Å². The molecule has 2 amide bonds. The van der Waals surface area contributed by atoms with E-state index in [1.165, 1.54) is 4.90 Å². The van der Waals surface area contributed by atoms with Crippen LogP contribution in [0, 0.1) is 20.2 Å². The van der Waals surface area contributed by atoms with Gasteiger partial charge in [-0.15, -0.1) is 0 Å². The highest BCUT2D eigenvalue weighted by molar-refractivity contribution is 6.32. The maximum Gasteiger partial charge on any atom is 0.416 e. The minimum Gasteiger partial charge on any atom is -0.444 e. The highest BCUT2D eigenvalue weighted by Crippen LogP contribution is 2.37. The second kappa shape index (κ2) is 18.0. The molecule has 0 aliphatic carbocycles. The lowest BCUT2D eigenvalue weighted by Gasteiger charge is -2.36. The van der Waals surface area contributed by atoms with Crippen molar-refractivity contribution in [1.29, 1.82) is 0 Å². The summed E-state index contributed by atoms with van der Waals surface area (Å²) < 4.78 is 85.2. The van der Waals surface area contributed by atoms with Gasteiger partial charge in [-0.2, -0.15) is 26.3 Å². The fourth-order valence-electron chi connectivity index (χ4n) is 4.57. The van der Waals surface area contributed by atoms with Crippen molar-refractivity contribution in [2.24, 2.45) is 0 Å². The molecule has 2 saturated heterocycles. The molecule has 2 fully saturated rings. The number of anilines is 1. The first-order chi connectivity index (χ1) is 24.2. The summed E-state index contributed by atoms with van der Waals surface area (Å²) >= 11 is 5.33. The number of nitrogens with zero attached hydrogens (tertiary/aromatic N) is 5. The van der Waals surface area contributed by atoms with Gasteiger partial charge in [0.1, 0.15) is 21.9 Å². The van der Waals surface area contributed by atoms with Crippen molar-refractivity contribution in [3.05, 3.63) is 72.8 Å². The third-order valence-corrected chi connectivity index (χ3v) is 7.33. The fraction of sp³-hybridized carbons (Fsp3) is 0.562. The van der Waals surface area contributed by atoms with Crippen molar-refractivity contribution in [3.63, 3.8) is 0 Å². The Bertz CT molecular complexity index is 1600. The van der Waals surface area contributed by atoms with E-state index >= 15 is 0 Å². The van der Waals surface area contributed by atoms with Crippen LogP contribution in [0.1, 0.15) is 52.7 Å². The minimum absolute atomic E-state index is 0.104. The van der Waals surface area contributed by atoms with Gasteiger partial charge in [-0.1, -0.05) is 11.6 Å². The summed E-state index contributed by atoms with van der Waals surface area (Å²) in [5.41, 5.74) is -4.43. The number of nitrogens with one attached hydrogen (secondary N) is 1. The highest BCUT2D eigenvalue weighted by Gasteiger charge is 2.35. The first kappa shape index (κ1) is 44.6. The lowest BCUT2D eigenvalue weighted by Crippen LogP contribution is -2.50. The zero-order valence-electron chi connectivity index (χ0n) is 29.8. The van der Waals surface area contributed by atoms with E-state index < -0.39 is 56.4 Å². The van der Waals surface area contributed by atoms with Gasteiger partial charge in [0.15, 0.2) is 0 Å². The van der Waals surface area contributed by atoms with Gasteiger partial charge in [0.05, 0.1) is 21.0 Å². The molecule has 1 N–H and O–H groups in total. The second-order valence-electron chi connectivity index (χ2n) is 13.6. The molecule has 0 atom stereocenters. The molecule has 296 valence electrons. The molecule has 0 radical (unpaired) electrons. The maximum atomic E-state index is 12.8. The molecule has 0 aromatic heterocycles.